The molecule has 10 rings (SSSR count). The number of hydrogen-bond donors (Lipinski definition) is 0. The van der Waals surface area contributed by atoms with E-state index in [0.717, 1.165) is 61.8 Å². The molecule has 6 atom stereocenters. The summed E-state index contributed by atoms with van der Waals surface area (Å²) in [5.74, 6) is -0.0826. The van der Waals surface area contributed by atoms with Gasteiger partial charge < -0.3 is 9.64 Å². The lowest BCUT2D eigenvalue weighted by atomic mass is 9.58. The van der Waals surface area contributed by atoms with Crippen LogP contribution in [0.1, 0.15) is 102 Å². The maximum Gasteiger partial charge on any atom is 0.0704 e. The van der Waals surface area contributed by atoms with E-state index in [1.54, 1.807) is 0 Å². The first-order valence-electron chi connectivity index (χ1n) is 29.5. The van der Waals surface area contributed by atoms with Gasteiger partial charge in [-0.1, -0.05) is 228 Å². The van der Waals surface area contributed by atoms with Crippen molar-refractivity contribution < 1.29 is 4.74 Å². The van der Waals surface area contributed by atoms with E-state index < -0.39 is 22.0 Å². The molecule has 85 heavy (non-hydrogen) atoms. The van der Waals surface area contributed by atoms with Crippen LogP contribution in [-0.2, 0) is 26.8 Å². The number of rotatable bonds is 23. The van der Waals surface area contributed by atoms with Crippen LogP contribution >= 0.6 is 69.6 Å². The molecule has 2 heterocycles. The van der Waals surface area contributed by atoms with Gasteiger partial charge in [0.15, 0.2) is 0 Å². The van der Waals surface area contributed by atoms with E-state index in [0.29, 0.717) is 83.6 Å². The molecule has 438 valence electrons. The maximum atomic E-state index is 8.05. The Hall–Kier alpha value is -5.67. The molecule has 1 aliphatic rings. The number of aryl methyl sites for hydroxylation is 1. The van der Waals surface area contributed by atoms with Gasteiger partial charge in [-0.2, -0.15) is 0 Å². The zero-order valence-corrected chi connectivity index (χ0v) is 53.6. The monoisotopic (exact) mass is 1240 g/mol. The standard InChI is InChI=1S/C74H74Cl6N4O/c1-6-84(58-29-22-24-53(2)48-58)72(62-32-12-17-37-67(62)78,52-73(70-40-20-21-43-81-70,56-27-23-28-57(75)50-56)63-33-13-18-38-68(63)79)51-71(83-44-46-85-47-45-83,61-31-11-16-36-66(61)77)41-42-74(82(4)5,64-34-14-19-39-69(64)80)54(3)49-60(55-25-8-7-9-26-55)59-30-10-15-35-65(59)76/h7-40,43,48,50,54,60H,6,41-42,44-47,49,51-52H2,1-5H3. The number of aromatic nitrogens is 1. The Morgan fingerprint density at radius 2 is 1.12 bits per heavy atom. The lowest BCUT2D eigenvalue weighted by Gasteiger charge is -2.58. The molecule has 1 saturated heterocycles. The van der Waals surface area contributed by atoms with Crippen molar-refractivity contribution in [3.05, 3.63) is 305 Å². The van der Waals surface area contributed by atoms with Crippen LogP contribution in [-0.4, -0.2) is 61.7 Å². The fourth-order valence-electron chi connectivity index (χ4n) is 14.6. The van der Waals surface area contributed by atoms with Gasteiger partial charge in [-0.25, -0.2) is 0 Å². The van der Waals surface area contributed by atoms with Crippen LogP contribution in [0.5, 0.6) is 0 Å². The zero-order valence-electron chi connectivity index (χ0n) is 49.1. The molecule has 0 amide bonds. The Bertz CT molecular complexity index is 3670. The molecule has 1 aromatic heterocycles. The number of hydrogen-bond acceptors (Lipinski definition) is 5. The van der Waals surface area contributed by atoms with E-state index in [-0.39, 0.29) is 11.8 Å². The van der Waals surface area contributed by atoms with Crippen molar-refractivity contribution in [3.8, 4) is 0 Å². The van der Waals surface area contributed by atoms with Crippen molar-refractivity contribution in [2.45, 2.75) is 80.8 Å². The molecule has 0 aliphatic carbocycles. The normalized spacial score (nSPS) is 16.6. The highest BCUT2D eigenvalue weighted by atomic mass is 35.5. The predicted molar refractivity (Wildman–Crippen MR) is 359 cm³/mol. The second-order valence-corrected chi connectivity index (χ2v) is 25.6. The number of halogens is 6. The second-order valence-electron chi connectivity index (χ2n) is 23.1. The summed E-state index contributed by atoms with van der Waals surface area (Å²) in [5, 5.41) is 3.93. The highest BCUT2D eigenvalue weighted by molar-refractivity contribution is 6.33. The minimum Gasteiger partial charge on any atom is -0.379 e. The summed E-state index contributed by atoms with van der Waals surface area (Å²) >= 11 is 46.0. The van der Waals surface area contributed by atoms with Crippen molar-refractivity contribution in [1.82, 2.24) is 14.8 Å². The molecular formula is C74H74Cl6N4O. The van der Waals surface area contributed by atoms with Gasteiger partial charge in [0.05, 0.1) is 35.4 Å². The molecular weight excluding hydrogens is 1170 g/mol. The third-order valence-electron chi connectivity index (χ3n) is 18.4. The number of pyridine rings is 1. The zero-order chi connectivity index (χ0) is 59.8. The van der Waals surface area contributed by atoms with E-state index in [4.69, 9.17) is 79.3 Å². The third-order valence-corrected chi connectivity index (χ3v) is 20.3. The van der Waals surface area contributed by atoms with E-state index >= 15 is 0 Å². The minimum atomic E-state index is -1.09. The quantitative estimate of drug-likeness (QED) is 0.0637. The lowest BCUT2D eigenvalue weighted by molar-refractivity contribution is -0.0546. The van der Waals surface area contributed by atoms with E-state index in [9.17, 15) is 0 Å². The fraction of sp³-hybridized carbons (Fsp3) is 0.284. The lowest BCUT2D eigenvalue weighted by Crippen LogP contribution is -2.61. The molecule has 8 aromatic carbocycles. The Morgan fingerprint density at radius 1 is 0.553 bits per heavy atom. The van der Waals surface area contributed by atoms with Crippen LogP contribution in [0.25, 0.3) is 0 Å². The summed E-state index contributed by atoms with van der Waals surface area (Å²) < 4.78 is 6.39. The summed E-state index contributed by atoms with van der Waals surface area (Å²) in [4.78, 5) is 13.1. The average molecular weight is 1250 g/mol. The summed E-state index contributed by atoms with van der Waals surface area (Å²) in [6, 6.07) is 75.9. The Morgan fingerprint density at radius 3 is 1.69 bits per heavy atom. The molecule has 5 nitrogen and oxygen atoms in total. The van der Waals surface area contributed by atoms with E-state index in [1.807, 2.05) is 79.0 Å². The van der Waals surface area contributed by atoms with E-state index in [1.165, 1.54) is 5.56 Å². The topological polar surface area (TPSA) is 31.8 Å². The molecule has 0 saturated carbocycles. The number of morpholine rings is 1. The van der Waals surface area contributed by atoms with Crippen molar-refractivity contribution in [1.29, 1.82) is 0 Å². The highest BCUT2D eigenvalue weighted by Crippen LogP contribution is 2.60. The number of benzene rings is 8. The largest absolute Gasteiger partial charge is 0.379 e. The van der Waals surface area contributed by atoms with Gasteiger partial charge in [-0.05, 0) is 177 Å². The maximum absolute atomic E-state index is 8.05. The molecule has 9 aromatic rings. The van der Waals surface area contributed by atoms with Gasteiger partial charge in [-0.15, -0.1) is 0 Å². The molecule has 0 radical (unpaired) electrons. The first-order valence-corrected chi connectivity index (χ1v) is 31.8. The van der Waals surface area contributed by atoms with Crippen molar-refractivity contribution >= 4 is 75.3 Å². The molecule has 1 aliphatic heterocycles. The summed E-state index contributed by atoms with van der Waals surface area (Å²) in [5.41, 5.74) is 6.32. The average Bonchev–Trinajstić information content (AvgIpc) is 1.80. The number of ether oxygens (including phenoxy) is 1. The predicted octanol–water partition coefficient (Wildman–Crippen LogP) is 20.2. The van der Waals surface area contributed by atoms with Crippen LogP contribution in [0.2, 0.25) is 30.1 Å². The third kappa shape index (κ3) is 12.6. The summed E-state index contributed by atoms with van der Waals surface area (Å²) in [6.07, 6.45) is 4.70. The molecule has 0 spiro atoms. The van der Waals surface area contributed by atoms with Crippen molar-refractivity contribution in [2.75, 3.05) is 51.8 Å². The Labute approximate surface area is 534 Å². The van der Waals surface area contributed by atoms with Gasteiger partial charge in [0.25, 0.3) is 0 Å². The first-order chi connectivity index (χ1) is 41.2. The molecule has 0 N–H and O–H groups in total. The molecule has 1 fully saturated rings. The van der Waals surface area contributed by atoms with Crippen molar-refractivity contribution in [2.24, 2.45) is 5.92 Å². The molecule has 0 bridgehead atoms. The van der Waals surface area contributed by atoms with Gasteiger partial charge in [0.1, 0.15) is 0 Å². The van der Waals surface area contributed by atoms with Gasteiger partial charge in [0, 0.05) is 73.1 Å². The van der Waals surface area contributed by atoms with Crippen LogP contribution in [0, 0.1) is 12.8 Å². The molecule has 11 heteroatoms. The van der Waals surface area contributed by atoms with Crippen LogP contribution < -0.4 is 4.90 Å². The Balaban J connectivity index is 1.32. The second kappa shape index (κ2) is 27.6. The van der Waals surface area contributed by atoms with Gasteiger partial charge >= 0.3 is 0 Å². The van der Waals surface area contributed by atoms with Crippen LogP contribution in [0.4, 0.5) is 5.69 Å². The van der Waals surface area contributed by atoms with Gasteiger partial charge in [0.2, 0.25) is 0 Å². The first kappa shape index (κ1) is 62.4. The fourth-order valence-corrected chi connectivity index (χ4v) is 16.2. The number of nitrogens with zero attached hydrogens (tertiary/aromatic N) is 4. The minimum absolute atomic E-state index is 0.0369. The van der Waals surface area contributed by atoms with Crippen LogP contribution in [0.3, 0.4) is 0 Å². The van der Waals surface area contributed by atoms with Gasteiger partial charge in [-0.3, -0.25) is 14.8 Å². The summed E-state index contributed by atoms with van der Waals surface area (Å²) in [6.45, 7) is 9.71. The van der Waals surface area contributed by atoms with Crippen LogP contribution in [0.15, 0.2) is 225 Å². The Kier molecular flexibility index (Phi) is 20.2. The number of anilines is 1. The summed E-state index contributed by atoms with van der Waals surface area (Å²) in [7, 11) is 4.44. The SMILES string of the molecule is CCN(c1cccc(C)c1)C(CC(c1cccc(Cl)c1)(c1ccccn1)c1ccccc1Cl)(CC(CCC(c1ccccc1Cl)(C(C)CC(c1ccccc1)c1ccccc1Cl)N(C)C)(c1ccccc1Cl)N1CCOCC1)c1ccccc1Cl. The smallest absolute Gasteiger partial charge is 0.0704 e. The van der Waals surface area contributed by atoms with Crippen molar-refractivity contribution in [3.63, 3.8) is 0 Å². The van der Waals surface area contributed by atoms with E-state index in [2.05, 4.69) is 195 Å². The highest BCUT2D eigenvalue weighted by Gasteiger charge is 2.57. The molecule has 6 unspecified atom stereocenters.